The van der Waals surface area contributed by atoms with Crippen molar-refractivity contribution in [3.63, 3.8) is 0 Å². The minimum absolute atomic E-state index is 0.0680. The first-order valence-electron chi connectivity index (χ1n) is 20.3. The van der Waals surface area contributed by atoms with Crippen LogP contribution in [0.3, 0.4) is 0 Å². The van der Waals surface area contributed by atoms with Gasteiger partial charge in [-0.15, -0.1) is 0 Å². The molecule has 0 saturated heterocycles. The number of hydrogen-bond donors (Lipinski definition) is 0. The largest absolute Gasteiger partial charge is 0.544 e. The Hall–Kier alpha value is -2.59. The molecule has 52 heavy (non-hydrogen) atoms. The van der Waals surface area contributed by atoms with Gasteiger partial charge >= 0.3 is 11.9 Å². The van der Waals surface area contributed by atoms with Crippen LogP contribution < -0.4 is 8.85 Å². The average Bonchev–Trinajstić information content (AvgIpc) is 3.07. The molecule has 0 heterocycles. The monoisotopic (exact) mass is 748 g/mol. The summed E-state index contributed by atoms with van der Waals surface area (Å²) in [5.74, 6) is 0.341. The van der Waals surface area contributed by atoms with Crippen LogP contribution in [0.25, 0.3) is 0 Å². The van der Waals surface area contributed by atoms with Gasteiger partial charge in [-0.1, -0.05) is 104 Å². The summed E-state index contributed by atoms with van der Waals surface area (Å²) in [4.78, 5) is 28.7. The fraction of sp³-hybridized carbons (Fsp3) is 0.682. The molecule has 0 aliphatic heterocycles. The molecule has 0 amide bonds. The molecule has 3 aliphatic rings. The summed E-state index contributed by atoms with van der Waals surface area (Å²) in [6, 6.07) is 16.3. The van der Waals surface area contributed by atoms with E-state index in [0.717, 1.165) is 48.3 Å². The molecule has 2 aromatic carbocycles. The number of hydrogen-bond acceptors (Lipinski definition) is 6. The first-order valence-corrected chi connectivity index (χ1v) is 26.1. The van der Waals surface area contributed by atoms with E-state index in [0.29, 0.717) is 25.0 Å². The zero-order chi connectivity index (χ0) is 37.9. The topological polar surface area (TPSA) is 71.1 Å². The zero-order valence-electron chi connectivity index (χ0n) is 34.0. The normalized spacial score (nSPS) is 23.7. The molecule has 3 aliphatic carbocycles. The van der Waals surface area contributed by atoms with Crippen LogP contribution in [0.4, 0.5) is 0 Å². The summed E-state index contributed by atoms with van der Waals surface area (Å²) >= 11 is 0. The fourth-order valence-electron chi connectivity index (χ4n) is 7.88. The Morgan fingerprint density at radius 1 is 0.538 bits per heavy atom. The quantitative estimate of drug-likeness (QED) is 0.159. The highest BCUT2D eigenvalue weighted by molar-refractivity contribution is 6.75. The molecule has 6 nitrogen and oxygen atoms in total. The molecule has 3 saturated carbocycles. The van der Waals surface area contributed by atoms with Crippen LogP contribution in [0.15, 0.2) is 48.5 Å². The molecule has 2 aromatic rings. The van der Waals surface area contributed by atoms with E-state index in [1.165, 1.54) is 38.5 Å². The lowest BCUT2D eigenvalue weighted by atomic mass is 9.52. The Bertz CT molecular complexity index is 1350. The Morgan fingerprint density at radius 3 is 1.13 bits per heavy atom. The van der Waals surface area contributed by atoms with E-state index >= 15 is 0 Å². The van der Waals surface area contributed by atoms with E-state index in [1.807, 2.05) is 24.3 Å². The summed E-state index contributed by atoms with van der Waals surface area (Å²) in [5, 5.41) is 0.136. The minimum Gasteiger partial charge on any atom is -0.544 e. The SMILES string of the molecule is CC(C)(C)[Si](C)(C)Oc1ccc(C2C(C(=O)OCC3CCCCC3)C(c3ccc(O[Si](C)(C)C(C)(C)C)cc3)C2C(=O)OCC2CCCCC2)cc1. The summed E-state index contributed by atoms with van der Waals surface area (Å²) in [6.45, 7) is 23.3. The molecule has 8 heteroatoms. The summed E-state index contributed by atoms with van der Waals surface area (Å²) in [5.41, 5.74) is 1.91. The van der Waals surface area contributed by atoms with Crippen molar-refractivity contribution in [3.05, 3.63) is 59.7 Å². The minimum atomic E-state index is -2.04. The Labute approximate surface area is 317 Å². The lowest BCUT2D eigenvalue weighted by Gasteiger charge is -2.50. The van der Waals surface area contributed by atoms with Gasteiger partial charge in [0.15, 0.2) is 0 Å². The maximum Gasteiger partial charge on any atom is 0.310 e. The number of rotatable bonds is 12. The molecule has 0 bridgehead atoms. The van der Waals surface area contributed by atoms with Gasteiger partial charge in [0, 0.05) is 11.8 Å². The first-order chi connectivity index (χ1) is 24.4. The highest BCUT2D eigenvalue weighted by atomic mass is 28.4. The third kappa shape index (κ3) is 9.55. The van der Waals surface area contributed by atoms with Crippen molar-refractivity contribution in [3.8, 4) is 11.5 Å². The van der Waals surface area contributed by atoms with E-state index in [2.05, 4.69) is 92.0 Å². The summed E-state index contributed by atoms with van der Waals surface area (Å²) in [7, 11) is -4.09. The van der Waals surface area contributed by atoms with E-state index in [-0.39, 0.29) is 33.9 Å². The van der Waals surface area contributed by atoms with E-state index < -0.39 is 28.5 Å². The lowest BCUT2D eigenvalue weighted by molar-refractivity contribution is -0.169. The van der Waals surface area contributed by atoms with Crippen LogP contribution in [-0.2, 0) is 19.1 Å². The molecule has 0 atom stereocenters. The number of carbonyl (C=O) groups excluding carboxylic acids is 2. The van der Waals surface area contributed by atoms with Crippen LogP contribution in [0.2, 0.25) is 36.3 Å². The number of carbonyl (C=O) groups is 2. The molecule has 288 valence electrons. The second-order valence-electron chi connectivity index (χ2n) is 19.2. The Kier molecular flexibility index (Phi) is 12.8. The number of ether oxygens (including phenoxy) is 2. The number of benzene rings is 2. The predicted octanol–water partition coefficient (Wildman–Crippen LogP) is 11.8. The molecule has 0 N–H and O–H groups in total. The molecule has 0 unspecified atom stereocenters. The van der Waals surface area contributed by atoms with Crippen molar-refractivity contribution in [1.29, 1.82) is 0 Å². The lowest BCUT2D eigenvalue weighted by Crippen LogP contribution is -2.52. The smallest absolute Gasteiger partial charge is 0.310 e. The standard InChI is InChI=1S/C44H68O6Si2/c1-43(2,3)51(7,8)49-35-25-21-33(22-26-35)37-39(41(45)47-29-31-17-13-11-14-18-31)38(40(37)42(46)48-30-32-19-15-12-16-20-32)34-23-27-36(28-24-34)50-52(9,10)44(4,5)6/h21-28,31-32,37-40H,11-20,29-30H2,1-10H3. The van der Waals surface area contributed by atoms with Crippen LogP contribution in [0, 0.1) is 23.7 Å². The third-order valence-electron chi connectivity index (χ3n) is 13.4. The molecular formula is C44H68O6Si2. The van der Waals surface area contributed by atoms with Gasteiger partial charge in [0.25, 0.3) is 0 Å². The Morgan fingerprint density at radius 2 is 0.846 bits per heavy atom. The van der Waals surface area contributed by atoms with E-state index in [1.54, 1.807) is 0 Å². The maximum absolute atomic E-state index is 14.3. The van der Waals surface area contributed by atoms with Crippen molar-refractivity contribution >= 4 is 28.6 Å². The zero-order valence-corrected chi connectivity index (χ0v) is 36.0. The van der Waals surface area contributed by atoms with Gasteiger partial charge in [0.2, 0.25) is 16.6 Å². The molecule has 5 rings (SSSR count). The van der Waals surface area contributed by atoms with Gasteiger partial charge in [-0.25, -0.2) is 0 Å². The van der Waals surface area contributed by atoms with E-state index in [9.17, 15) is 9.59 Å². The summed E-state index contributed by atoms with van der Waals surface area (Å²) in [6.07, 6.45) is 11.7. The molecule has 0 spiro atoms. The Balaban J connectivity index is 1.47. The van der Waals surface area contributed by atoms with Crippen molar-refractivity contribution in [1.82, 2.24) is 0 Å². The molecule has 3 fully saturated rings. The van der Waals surface area contributed by atoms with Crippen LogP contribution >= 0.6 is 0 Å². The van der Waals surface area contributed by atoms with Gasteiger partial charge < -0.3 is 18.3 Å². The predicted molar refractivity (Wildman–Crippen MR) is 216 cm³/mol. The van der Waals surface area contributed by atoms with Gasteiger partial charge in [0.1, 0.15) is 11.5 Å². The van der Waals surface area contributed by atoms with Gasteiger partial charge in [0.05, 0.1) is 25.0 Å². The fourth-order valence-corrected chi connectivity index (χ4v) is 9.94. The summed E-state index contributed by atoms with van der Waals surface area (Å²) < 4.78 is 25.6. The third-order valence-corrected chi connectivity index (χ3v) is 22.1. The highest BCUT2D eigenvalue weighted by Gasteiger charge is 2.60. The average molecular weight is 749 g/mol. The first kappa shape index (κ1) is 40.6. The van der Waals surface area contributed by atoms with Crippen molar-refractivity contribution in [2.24, 2.45) is 23.7 Å². The second kappa shape index (κ2) is 16.4. The van der Waals surface area contributed by atoms with Gasteiger partial charge in [-0.3, -0.25) is 9.59 Å². The van der Waals surface area contributed by atoms with Crippen LogP contribution in [0.5, 0.6) is 11.5 Å². The van der Waals surface area contributed by atoms with Gasteiger partial charge in [-0.05, 0) is 109 Å². The second-order valence-corrected chi connectivity index (χ2v) is 28.7. The van der Waals surface area contributed by atoms with Crippen molar-refractivity contribution < 1.29 is 27.9 Å². The van der Waals surface area contributed by atoms with Crippen molar-refractivity contribution in [2.75, 3.05) is 13.2 Å². The van der Waals surface area contributed by atoms with Crippen LogP contribution in [0.1, 0.15) is 129 Å². The maximum atomic E-state index is 14.3. The highest BCUT2D eigenvalue weighted by Crippen LogP contribution is 2.59. The molecule has 0 radical (unpaired) electrons. The van der Waals surface area contributed by atoms with Crippen molar-refractivity contribution in [2.45, 2.75) is 154 Å². The molecular weight excluding hydrogens is 681 g/mol. The van der Waals surface area contributed by atoms with E-state index in [4.69, 9.17) is 18.3 Å². The van der Waals surface area contributed by atoms with Gasteiger partial charge in [-0.2, -0.15) is 0 Å². The molecule has 0 aromatic heterocycles. The van der Waals surface area contributed by atoms with Crippen LogP contribution in [-0.4, -0.2) is 41.8 Å². The number of esters is 2.